The van der Waals surface area contributed by atoms with Gasteiger partial charge in [0.05, 0.1) is 6.04 Å². The van der Waals surface area contributed by atoms with E-state index in [9.17, 15) is 14.9 Å². The summed E-state index contributed by atoms with van der Waals surface area (Å²) in [6.07, 6.45) is 5.56. The lowest BCUT2D eigenvalue weighted by Gasteiger charge is -2.32. The minimum atomic E-state index is -0.425. The Bertz CT molecular complexity index is 625. The van der Waals surface area contributed by atoms with Crippen molar-refractivity contribution in [3.63, 3.8) is 0 Å². The fourth-order valence-corrected chi connectivity index (χ4v) is 3.73. The zero-order valence-corrected chi connectivity index (χ0v) is 14.6. The predicted molar refractivity (Wildman–Crippen MR) is 91.9 cm³/mol. The minimum absolute atomic E-state index is 0.0446. The summed E-state index contributed by atoms with van der Waals surface area (Å²) in [7, 11) is 1.78. The van der Waals surface area contributed by atoms with Crippen molar-refractivity contribution in [1.29, 1.82) is 0 Å². The number of hydrogen-bond acceptors (Lipinski definition) is 6. The van der Waals surface area contributed by atoms with Crippen molar-refractivity contribution in [2.75, 3.05) is 26.2 Å². The number of nitrogens with zero attached hydrogens (tertiary/aromatic N) is 4. The standard InChI is InChI=1S/C16H26N6O3/c1-20-11-19-15(22(24)25)14(20)10-21-7-3-4-12(9-21)8-18-16(23)13-5-2-6-17-13/h11-13,17H,2-10H2,1H3,(H,18,23). The SMILES string of the molecule is Cn1cnc([N+](=O)[O-])c1CN1CCCC(CNC(=O)C2CCCN2)C1. The van der Waals surface area contributed by atoms with Gasteiger partial charge in [-0.1, -0.05) is 0 Å². The number of piperidine rings is 1. The highest BCUT2D eigenvalue weighted by Gasteiger charge is 2.27. The van der Waals surface area contributed by atoms with Crippen molar-refractivity contribution >= 4 is 11.7 Å². The Morgan fingerprint density at radius 2 is 2.32 bits per heavy atom. The van der Waals surface area contributed by atoms with Crippen LogP contribution in [0.4, 0.5) is 5.82 Å². The molecule has 25 heavy (non-hydrogen) atoms. The fourth-order valence-electron chi connectivity index (χ4n) is 3.73. The van der Waals surface area contributed by atoms with Crippen LogP contribution in [0, 0.1) is 16.0 Å². The molecule has 3 rings (SSSR count). The maximum atomic E-state index is 12.1. The van der Waals surface area contributed by atoms with Crippen molar-refractivity contribution in [3.8, 4) is 0 Å². The van der Waals surface area contributed by atoms with Gasteiger partial charge in [-0.25, -0.2) is 0 Å². The maximum absolute atomic E-state index is 12.1. The number of carbonyl (C=O) groups is 1. The number of carbonyl (C=O) groups excluding carboxylic acids is 1. The molecule has 0 spiro atoms. The van der Waals surface area contributed by atoms with Gasteiger partial charge in [0, 0.05) is 26.7 Å². The molecule has 1 amide bonds. The first kappa shape index (κ1) is 17.8. The molecular weight excluding hydrogens is 324 g/mol. The second-order valence-corrected chi connectivity index (χ2v) is 7.02. The lowest BCUT2D eigenvalue weighted by Crippen LogP contribution is -2.45. The summed E-state index contributed by atoms with van der Waals surface area (Å²) in [6.45, 7) is 3.85. The van der Waals surface area contributed by atoms with Gasteiger partial charge in [0.15, 0.2) is 0 Å². The third-order valence-corrected chi connectivity index (χ3v) is 5.13. The van der Waals surface area contributed by atoms with Crippen molar-refractivity contribution in [3.05, 3.63) is 22.1 Å². The lowest BCUT2D eigenvalue weighted by atomic mass is 9.97. The molecule has 2 atom stereocenters. The topological polar surface area (TPSA) is 105 Å². The van der Waals surface area contributed by atoms with Gasteiger partial charge >= 0.3 is 5.82 Å². The van der Waals surface area contributed by atoms with E-state index in [4.69, 9.17) is 0 Å². The number of aryl methyl sites for hydroxylation is 1. The van der Waals surface area contributed by atoms with E-state index >= 15 is 0 Å². The van der Waals surface area contributed by atoms with Gasteiger partial charge in [-0.15, -0.1) is 0 Å². The van der Waals surface area contributed by atoms with Crippen molar-refractivity contribution in [2.45, 2.75) is 38.3 Å². The summed E-state index contributed by atoms with van der Waals surface area (Å²) in [5, 5.41) is 17.4. The minimum Gasteiger partial charge on any atom is -0.358 e. The molecule has 3 heterocycles. The van der Waals surface area contributed by atoms with Crippen molar-refractivity contribution < 1.29 is 9.72 Å². The van der Waals surface area contributed by atoms with E-state index in [1.807, 2.05) is 0 Å². The molecule has 138 valence electrons. The summed E-state index contributed by atoms with van der Waals surface area (Å²) in [6, 6.07) is -0.0446. The van der Waals surface area contributed by atoms with E-state index in [1.54, 1.807) is 11.6 Å². The van der Waals surface area contributed by atoms with Crippen LogP contribution in [-0.4, -0.2) is 57.5 Å². The number of imidazole rings is 1. The average molecular weight is 350 g/mol. The van der Waals surface area contributed by atoms with Gasteiger partial charge < -0.3 is 25.3 Å². The number of nitrogens with one attached hydrogen (secondary N) is 2. The predicted octanol–water partition coefficient (Wildman–Crippen LogP) is 0.409. The monoisotopic (exact) mass is 350 g/mol. The van der Waals surface area contributed by atoms with E-state index in [0.717, 1.165) is 45.3 Å². The summed E-state index contributed by atoms with van der Waals surface area (Å²) >= 11 is 0. The Morgan fingerprint density at radius 3 is 3.04 bits per heavy atom. The molecule has 2 aliphatic rings. The number of likely N-dealkylation sites (tertiary alicyclic amines) is 1. The summed E-state index contributed by atoms with van der Waals surface area (Å²) in [4.78, 5) is 28.9. The second kappa shape index (κ2) is 7.92. The number of nitro groups is 1. The Morgan fingerprint density at radius 1 is 1.48 bits per heavy atom. The molecule has 0 aliphatic carbocycles. The Hall–Kier alpha value is -2.00. The fraction of sp³-hybridized carbons (Fsp3) is 0.750. The van der Waals surface area contributed by atoms with E-state index in [0.29, 0.717) is 24.7 Å². The summed E-state index contributed by atoms with van der Waals surface area (Å²) in [5.41, 5.74) is 0.629. The van der Waals surface area contributed by atoms with Gasteiger partial charge in [0.1, 0.15) is 5.69 Å². The highest BCUT2D eigenvalue weighted by Crippen LogP contribution is 2.22. The second-order valence-electron chi connectivity index (χ2n) is 7.02. The van der Waals surface area contributed by atoms with E-state index < -0.39 is 4.92 Å². The van der Waals surface area contributed by atoms with Gasteiger partial charge in [-0.05, 0) is 54.6 Å². The maximum Gasteiger partial charge on any atom is 0.386 e. The van der Waals surface area contributed by atoms with Crippen LogP contribution in [0.5, 0.6) is 0 Å². The first-order valence-electron chi connectivity index (χ1n) is 8.92. The van der Waals surface area contributed by atoms with Crippen LogP contribution >= 0.6 is 0 Å². The number of aromatic nitrogens is 2. The van der Waals surface area contributed by atoms with E-state index in [1.165, 1.54) is 6.33 Å². The van der Waals surface area contributed by atoms with E-state index in [-0.39, 0.29) is 17.8 Å². The van der Waals surface area contributed by atoms with Gasteiger partial charge in [-0.3, -0.25) is 9.69 Å². The molecule has 0 aromatic carbocycles. The third-order valence-electron chi connectivity index (χ3n) is 5.13. The summed E-state index contributed by atoms with van der Waals surface area (Å²) < 4.78 is 1.72. The molecule has 1 aromatic rings. The molecule has 2 aliphatic heterocycles. The van der Waals surface area contributed by atoms with Crippen LogP contribution in [0.1, 0.15) is 31.4 Å². The molecule has 0 bridgehead atoms. The van der Waals surface area contributed by atoms with Crippen LogP contribution in [-0.2, 0) is 18.4 Å². The van der Waals surface area contributed by atoms with Crippen LogP contribution < -0.4 is 10.6 Å². The molecule has 2 N–H and O–H groups in total. The number of hydrogen-bond donors (Lipinski definition) is 2. The molecular formula is C16H26N6O3. The number of amides is 1. The third kappa shape index (κ3) is 4.35. The highest BCUT2D eigenvalue weighted by molar-refractivity contribution is 5.81. The highest BCUT2D eigenvalue weighted by atomic mass is 16.6. The van der Waals surface area contributed by atoms with Crippen LogP contribution in [0.15, 0.2) is 6.33 Å². The zero-order chi connectivity index (χ0) is 17.8. The van der Waals surface area contributed by atoms with Gasteiger partial charge in [-0.2, -0.15) is 0 Å². The largest absolute Gasteiger partial charge is 0.386 e. The Balaban J connectivity index is 1.52. The molecule has 9 nitrogen and oxygen atoms in total. The van der Waals surface area contributed by atoms with Crippen molar-refractivity contribution in [2.24, 2.45) is 13.0 Å². The Labute approximate surface area is 146 Å². The molecule has 1 aromatic heterocycles. The van der Waals surface area contributed by atoms with Crippen LogP contribution in [0.2, 0.25) is 0 Å². The zero-order valence-electron chi connectivity index (χ0n) is 14.6. The average Bonchev–Trinajstić information content (AvgIpc) is 3.24. The lowest BCUT2D eigenvalue weighted by molar-refractivity contribution is -0.390. The van der Waals surface area contributed by atoms with Gasteiger partial charge in [0.25, 0.3) is 0 Å². The van der Waals surface area contributed by atoms with E-state index in [2.05, 4.69) is 20.5 Å². The molecule has 2 saturated heterocycles. The number of rotatable bonds is 6. The molecule has 2 fully saturated rings. The van der Waals surface area contributed by atoms with Crippen LogP contribution in [0.25, 0.3) is 0 Å². The summed E-state index contributed by atoms with van der Waals surface area (Å²) in [5.74, 6) is 0.411. The van der Waals surface area contributed by atoms with Gasteiger partial charge in [0.2, 0.25) is 12.2 Å². The first-order chi connectivity index (χ1) is 12.0. The smallest absolute Gasteiger partial charge is 0.358 e. The first-order valence-corrected chi connectivity index (χ1v) is 8.92. The Kier molecular flexibility index (Phi) is 5.64. The molecule has 2 unspecified atom stereocenters. The molecule has 9 heteroatoms. The van der Waals surface area contributed by atoms with Crippen LogP contribution in [0.3, 0.4) is 0 Å². The molecule has 0 saturated carbocycles. The molecule has 0 radical (unpaired) electrons. The quantitative estimate of drug-likeness (QED) is 0.569. The normalized spacial score (nSPS) is 24.4. The van der Waals surface area contributed by atoms with Crippen molar-refractivity contribution in [1.82, 2.24) is 25.1 Å².